The van der Waals surface area contributed by atoms with Gasteiger partial charge in [0.25, 0.3) is 0 Å². The maximum absolute atomic E-state index is 11.9. The SMILES string of the molecule is CN(/C=C/C(F)(F)F)CCc1ccccc1. The highest BCUT2D eigenvalue weighted by Crippen LogP contribution is 2.16. The Balaban J connectivity index is 2.36. The van der Waals surface area contributed by atoms with Crippen molar-refractivity contribution in [3.05, 3.63) is 48.2 Å². The minimum Gasteiger partial charge on any atom is -0.380 e. The van der Waals surface area contributed by atoms with Crippen molar-refractivity contribution in [2.75, 3.05) is 13.6 Å². The van der Waals surface area contributed by atoms with E-state index < -0.39 is 6.18 Å². The second-order valence-electron chi connectivity index (χ2n) is 3.57. The zero-order chi connectivity index (χ0) is 12.0. The molecule has 1 aromatic carbocycles. The fourth-order valence-corrected chi connectivity index (χ4v) is 1.24. The highest BCUT2D eigenvalue weighted by Gasteiger charge is 2.22. The summed E-state index contributed by atoms with van der Waals surface area (Å²) in [4.78, 5) is 1.53. The standard InChI is InChI=1S/C12H14F3N/c1-16(10-8-12(13,14)15)9-7-11-5-3-2-4-6-11/h2-6,8,10H,7,9H2,1H3/b10-8+. The van der Waals surface area contributed by atoms with Crippen LogP contribution in [0.4, 0.5) is 13.2 Å². The average molecular weight is 229 g/mol. The van der Waals surface area contributed by atoms with Gasteiger partial charge in [-0.05, 0) is 12.0 Å². The zero-order valence-electron chi connectivity index (χ0n) is 9.04. The van der Waals surface area contributed by atoms with Crippen LogP contribution < -0.4 is 0 Å². The molecule has 1 aromatic rings. The third-order valence-electron chi connectivity index (χ3n) is 2.11. The van der Waals surface area contributed by atoms with Crippen molar-refractivity contribution in [2.45, 2.75) is 12.6 Å². The summed E-state index contributed by atoms with van der Waals surface area (Å²) >= 11 is 0. The van der Waals surface area contributed by atoms with E-state index in [0.717, 1.165) is 18.2 Å². The molecule has 0 radical (unpaired) electrons. The summed E-state index contributed by atoms with van der Waals surface area (Å²) in [6.07, 6.45) is -2.19. The highest BCUT2D eigenvalue weighted by atomic mass is 19.4. The van der Waals surface area contributed by atoms with E-state index in [4.69, 9.17) is 0 Å². The van der Waals surface area contributed by atoms with Crippen LogP contribution in [-0.2, 0) is 6.42 Å². The number of rotatable bonds is 4. The lowest BCUT2D eigenvalue weighted by Crippen LogP contribution is -2.16. The second kappa shape index (κ2) is 5.58. The average Bonchev–Trinajstić information content (AvgIpc) is 2.24. The first-order valence-electron chi connectivity index (χ1n) is 4.97. The van der Waals surface area contributed by atoms with Gasteiger partial charge in [0.05, 0.1) is 0 Å². The van der Waals surface area contributed by atoms with Crippen LogP contribution in [0.3, 0.4) is 0 Å². The Labute approximate surface area is 93.2 Å². The van der Waals surface area contributed by atoms with Crippen molar-refractivity contribution in [1.29, 1.82) is 0 Å². The number of likely N-dealkylation sites (N-methyl/N-ethyl adjacent to an activating group) is 1. The summed E-state index contributed by atoms with van der Waals surface area (Å²) in [5, 5.41) is 0. The predicted octanol–water partition coefficient (Wildman–Crippen LogP) is 3.24. The molecule has 1 rings (SSSR count). The number of allylic oxidation sites excluding steroid dienone is 1. The summed E-state index contributed by atoms with van der Waals surface area (Å²) in [5.41, 5.74) is 1.12. The molecule has 4 heteroatoms. The van der Waals surface area contributed by atoms with Crippen molar-refractivity contribution in [1.82, 2.24) is 4.90 Å². The Morgan fingerprint density at radius 2 is 1.81 bits per heavy atom. The molecule has 0 atom stereocenters. The topological polar surface area (TPSA) is 3.24 Å². The van der Waals surface area contributed by atoms with Gasteiger partial charge in [0, 0.05) is 25.9 Å². The van der Waals surface area contributed by atoms with Gasteiger partial charge < -0.3 is 4.90 Å². The first-order chi connectivity index (χ1) is 7.47. The molecule has 0 spiro atoms. The molecule has 0 amide bonds. The number of hydrogen-bond donors (Lipinski definition) is 0. The third kappa shape index (κ3) is 5.44. The van der Waals surface area contributed by atoms with Gasteiger partial charge in [-0.15, -0.1) is 0 Å². The number of nitrogens with zero attached hydrogens (tertiary/aromatic N) is 1. The zero-order valence-corrected chi connectivity index (χ0v) is 9.04. The number of benzene rings is 1. The van der Waals surface area contributed by atoms with E-state index in [1.807, 2.05) is 30.3 Å². The van der Waals surface area contributed by atoms with E-state index in [1.54, 1.807) is 7.05 Å². The lowest BCUT2D eigenvalue weighted by molar-refractivity contribution is -0.0806. The molecule has 0 bridgehead atoms. The molecule has 88 valence electrons. The molecule has 16 heavy (non-hydrogen) atoms. The van der Waals surface area contributed by atoms with E-state index in [0.29, 0.717) is 6.54 Å². The van der Waals surface area contributed by atoms with E-state index in [-0.39, 0.29) is 6.08 Å². The minimum absolute atomic E-state index is 0.248. The van der Waals surface area contributed by atoms with Crippen LogP contribution in [0.1, 0.15) is 5.56 Å². The number of hydrogen-bond acceptors (Lipinski definition) is 1. The molecule has 0 saturated carbocycles. The second-order valence-corrected chi connectivity index (χ2v) is 3.57. The quantitative estimate of drug-likeness (QED) is 0.766. The molecule has 0 unspecified atom stereocenters. The van der Waals surface area contributed by atoms with Gasteiger partial charge in [-0.25, -0.2) is 0 Å². The van der Waals surface area contributed by atoms with Gasteiger partial charge in [0.2, 0.25) is 0 Å². The lowest BCUT2D eigenvalue weighted by Gasteiger charge is -2.14. The summed E-state index contributed by atoms with van der Waals surface area (Å²) in [6.45, 7) is 0.566. The van der Waals surface area contributed by atoms with Gasteiger partial charge in [0.15, 0.2) is 0 Å². The van der Waals surface area contributed by atoms with Crippen LogP contribution in [0.5, 0.6) is 0 Å². The fourth-order valence-electron chi connectivity index (χ4n) is 1.24. The minimum atomic E-state index is -4.24. The lowest BCUT2D eigenvalue weighted by atomic mass is 10.1. The van der Waals surface area contributed by atoms with Gasteiger partial charge >= 0.3 is 6.18 Å². The molecule has 0 aliphatic heterocycles. The summed E-state index contributed by atoms with van der Waals surface area (Å²) in [5.74, 6) is 0. The maximum Gasteiger partial charge on any atom is 0.411 e. The van der Waals surface area contributed by atoms with E-state index >= 15 is 0 Å². The predicted molar refractivity (Wildman–Crippen MR) is 58.0 cm³/mol. The van der Waals surface area contributed by atoms with Gasteiger partial charge in [0.1, 0.15) is 0 Å². The first kappa shape index (κ1) is 12.6. The van der Waals surface area contributed by atoms with Crippen LogP contribution >= 0.6 is 0 Å². The van der Waals surface area contributed by atoms with Crippen molar-refractivity contribution in [3.63, 3.8) is 0 Å². The van der Waals surface area contributed by atoms with E-state index in [9.17, 15) is 13.2 Å². The largest absolute Gasteiger partial charge is 0.411 e. The molecular formula is C12H14F3N. The van der Waals surface area contributed by atoms with Gasteiger partial charge in [-0.1, -0.05) is 30.3 Å². The van der Waals surface area contributed by atoms with Crippen LogP contribution in [0, 0.1) is 0 Å². The highest BCUT2D eigenvalue weighted by molar-refractivity contribution is 5.14. The van der Waals surface area contributed by atoms with Crippen molar-refractivity contribution in [2.24, 2.45) is 0 Å². The Morgan fingerprint density at radius 3 is 2.38 bits per heavy atom. The van der Waals surface area contributed by atoms with E-state index in [1.165, 1.54) is 4.90 Å². The number of halogens is 3. The molecule has 0 fully saturated rings. The van der Waals surface area contributed by atoms with Gasteiger partial charge in [-0.3, -0.25) is 0 Å². The van der Waals surface area contributed by atoms with Gasteiger partial charge in [-0.2, -0.15) is 13.2 Å². The van der Waals surface area contributed by atoms with Crippen molar-refractivity contribution in [3.8, 4) is 0 Å². The molecule has 0 N–H and O–H groups in total. The summed E-state index contributed by atoms with van der Waals surface area (Å²) < 4.78 is 35.6. The Hall–Kier alpha value is -1.45. The first-order valence-corrected chi connectivity index (χ1v) is 4.97. The molecular weight excluding hydrogens is 215 g/mol. The van der Waals surface area contributed by atoms with Crippen LogP contribution in [-0.4, -0.2) is 24.7 Å². The Bertz CT molecular complexity index is 330. The molecule has 0 aliphatic carbocycles. The van der Waals surface area contributed by atoms with Crippen LogP contribution in [0.15, 0.2) is 42.6 Å². The molecule has 1 nitrogen and oxygen atoms in total. The van der Waals surface area contributed by atoms with Crippen molar-refractivity contribution < 1.29 is 13.2 Å². The fraction of sp³-hybridized carbons (Fsp3) is 0.333. The molecule has 0 aliphatic rings. The van der Waals surface area contributed by atoms with Crippen LogP contribution in [0.2, 0.25) is 0 Å². The Kier molecular flexibility index (Phi) is 4.40. The molecule has 0 aromatic heterocycles. The normalized spacial score (nSPS) is 12.0. The summed E-state index contributed by atoms with van der Waals surface area (Å²) in [7, 11) is 1.63. The smallest absolute Gasteiger partial charge is 0.380 e. The monoisotopic (exact) mass is 229 g/mol. The Morgan fingerprint density at radius 1 is 1.19 bits per heavy atom. The summed E-state index contributed by atoms with van der Waals surface area (Å²) in [6, 6.07) is 9.67. The third-order valence-corrected chi connectivity index (χ3v) is 2.11. The molecule has 0 saturated heterocycles. The molecule has 0 heterocycles. The maximum atomic E-state index is 11.9. The van der Waals surface area contributed by atoms with Crippen molar-refractivity contribution >= 4 is 0 Å². The van der Waals surface area contributed by atoms with E-state index in [2.05, 4.69) is 0 Å². The van der Waals surface area contributed by atoms with Crippen LogP contribution in [0.25, 0.3) is 0 Å². The number of alkyl halides is 3.